The van der Waals surface area contributed by atoms with E-state index in [1.54, 1.807) is 83.2 Å². The highest BCUT2D eigenvalue weighted by atomic mass is 16.7. The molecule has 1 aliphatic carbocycles. The molecule has 0 saturated heterocycles. The summed E-state index contributed by atoms with van der Waals surface area (Å²) in [5.41, 5.74) is 0.433. The Bertz CT molecular complexity index is 1760. The first kappa shape index (κ1) is 42.4. The van der Waals surface area contributed by atoms with Gasteiger partial charge in [-0.05, 0) is 76.5 Å². The van der Waals surface area contributed by atoms with Crippen molar-refractivity contribution in [1.29, 1.82) is 0 Å². The summed E-state index contributed by atoms with van der Waals surface area (Å²) in [7, 11) is 0. The first-order valence-electron chi connectivity index (χ1n) is 18.7. The zero-order valence-electron chi connectivity index (χ0n) is 32.9. The lowest BCUT2D eigenvalue weighted by Gasteiger charge is -2.39. The number of imide groups is 1. The summed E-state index contributed by atoms with van der Waals surface area (Å²) in [6.45, 7) is 17.9. The molecule has 0 saturated carbocycles. The van der Waals surface area contributed by atoms with Crippen LogP contribution in [-0.4, -0.2) is 70.5 Å². The van der Waals surface area contributed by atoms with Gasteiger partial charge < -0.3 is 24.3 Å². The van der Waals surface area contributed by atoms with Crippen molar-refractivity contribution < 1.29 is 47.7 Å². The quantitative estimate of drug-likeness (QED) is 0.116. The van der Waals surface area contributed by atoms with Crippen LogP contribution in [0.1, 0.15) is 114 Å². The monoisotopic (exact) mass is 759 g/mol. The van der Waals surface area contributed by atoms with Crippen molar-refractivity contribution in [2.75, 3.05) is 0 Å². The smallest absolute Gasteiger partial charge is 0.411 e. The van der Waals surface area contributed by atoms with Gasteiger partial charge in [0.25, 0.3) is 18.1 Å². The number of ether oxygens (including phenoxy) is 4. The van der Waals surface area contributed by atoms with Gasteiger partial charge in [-0.15, -0.1) is 0 Å². The number of allylic oxidation sites excluding steroid dienone is 1. The predicted molar refractivity (Wildman–Crippen MR) is 203 cm³/mol. The van der Waals surface area contributed by atoms with Gasteiger partial charge >= 0.3 is 18.0 Å². The molecule has 0 fully saturated rings. The van der Waals surface area contributed by atoms with Crippen LogP contribution < -0.4 is 10.6 Å². The number of hydrogen-bond donors (Lipinski definition) is 2. The average molecular weight is 760 g/mol. The Kier molecular flexibility index (Phi) is 14.2. The van der Waals surface area contributed by atoms with Crippen molar-refractivity contribution >= 4 is 35.8 Å². The average Bonchev–Trinajstić information content (AvgIpc) is 3.35. The van der Waals surface area contributed by atoms with Crippen molar-refractivity contribution in [2.45, 2.75) is 117 Å². The van der Waals surface area contributed by atoms with Crippen LogP contribution in [0.4, 0.5) is 4.79 Å². The van der Waals surface area contributed by atoms with Gasteiger partial charge in [-0.25, -0.2) is 14.4 Å². The van der Waals surface area contributed by atoms with E-state index in [0.717, 1.165) is 4.90 Å². The fraction of sp³-hybridized carbons (Fsp3) is 0.476. The molecule has 4 rings (SSSR count). The molecular formula is C42H53N3O10. The zero-order valence-corrected chi connectivity index (χ0v) is 32.9. The molecule has 1 heterocycles. The summed E-state index contributed by atoms with van der Waals surface area (Å²) in [6.07, 6.45) is -0.0776. The summed E-state index contributed by atoms with van der Waals surface area (Å²) < 4.78 is 23.7. The highest BCUT2D eigenvalue weighted by Crippen LogP contribution is 2.35. The predicted octanol–water partition coefficient (Wildman–Crippen LogP) is 6.55. The summed E-state index contributed by atoms with van der Waals surface area (Å²) in [5, 5.41) is 5.63. The van der Waals surface area contributed by atoms with Crippen LogP contribution in [0.2, 0.25) is 0 Å². The molecular weight excluding hydrogens is 706 g/mol. The maximum absolute atomic E-state index is 14.2. The molecule has 5 atom stereocenters. The Hall–Kier alpha value is -5.30. The molecule has 2 N–H and O–H groups in total. The van der Waals surface area contributed by atoms with Gasteiger partial charge in [-0.3, -0.25) is 24.6 Å². The third-order valence-electron chi connectivity index (χ3n) is 9.27. The molecule has 55 heavy (non-hydrogen) atoms. The third-order valence-corrected chi connectivity index (χ3v) is 9.27. The first-order chi connectivity index (χ1) is 25.9. The van der Waals surface area contributed by atoms with Gasteiger partial charge in [0.1, 0.15) is 11.6 Å². The lowest BCUT2D eigenvalue weighted by Crippen LogP contribution is -2.52. The molecule has 2 aliphatic rings. The summed E-state index contributed by atoms with van der Waals surface area (Å²) >= 11 is 0. The van der Waals surface area contributed by atoms with Crippen LogP contribution in [0, 0.1) is 11.8 Å². The van der Waals surface area contributed by atoms with Crippen LogP contribution in [0.5, 0.6) is 0 Å². The van der Waals surface area contributed by atoms with E-state index in [-0.39, 0.29) is 41.6 Å². The largest absolute Gasteiger partial charge is 0.444 e. The number of nitrogens with zero attached hydrogens (tertiary/aromatic N) is 1. The molecule has 2 aromatic carbocycles. The van der Waals surface area contributed by atoms with Crippen molar-refractivity contribution in [1.82, 2.24) is 15.5 Å². The van der Waals surface area contributed by atoms with E-state index in [2.05, 4.69) is 17.2 Å². The number of hydrogen-bond acceptors (Lipinski definition) is 10. The maximum atomic E-state index is 14.2. The number of rotatable bonds is 15. The second-order valence-corrected chi connectivity index (χ2v) is 15.2. The number of alkyl carbamates (subject to hydrolysis) is 1. The molecule has 296 valence electrons. The Morgan fingerprint density at radius 1 is 0.909 bits per heavy atom. The molecule has 0 bridgehead atoms. The Morgan fingerprint density at radius 3 is 2.02 bits per heavy atom. The van der Waals surface area contributed by atoms with Crippen LogP contribution >= 0.6 is 0 Å². The second-order valence-electron chi connectivity index (χ2n) is 15.2. The lowest BCUT2D eigenvalue weighted by atomic mass is 9.79. The van der Waals surface area contributed by atoms with Crippen molar-refractivity contribution in [3.8, 4) is 0 Å². The molecule has 0 spiro atoms. The Balaban J connectivity index is 1.65. The molecule has 2 aromatic rings. The van der Waals surface area contributed by atoms with Crippen molar-refractivity contribution in [3.63, 3.8) is 0 Å². The topological polar surface area (TPSA) is 167 Å². The van der Waals surface area contributed by atoms with Gasteiger partial charge in [0.05, 0.1) is 29.4 Å². The van der Waals surface area contributed by atoms with Gasteiger partial charge in [0, 0.05) is 23.8 Å². The molecule has 0 radical (unpaired) electrons. The highest BCUT2D eigenvalue weighted by molar-refractivity contribution is 6.22. The zero-order chi connectivity index (χ0) is 40.6. The SMILES string of the molecule is C=C(C[C@H]1CC(C(=O)OC(OC(=O)C(C(C)C)N2C(=O)c3ccccc3C2=O)c2ccccc2)=C[C@@H](OC(CC)CC)[C@@H]1NC(C)=O)NC(=O)OC(C)(C)C. The Morgan fingerprint density at radius 2 is 1.49 bits per heavy atom. The van der Waals surface area contributed by atoms with Crippen LogP contribution in [0.3, 0.4) is 0 Å². The normalized spacial score (nSPS) is 19.3. The molecule has 2 unspecified atom stereocenters. The maximum Gasteiger partial charge on any atom is 0.411 e. The van der Waals surface area contributed by atoms with Gasteiger partial charge in [0.2, 0.25) is 5.91 Å². The first-order valence-corrected chi connectivity index (χ1v) is 18.7. The molecule has 0 aromatic heterocycles. The highest BCUT2D eigenvalue weighted by Gasteiger charge is 2.46. The summed E-state index contributed by atoms with van der Waals surface area (Å²) in [5.74, 6) is -4.38. The van der Waals surface area contributed by atoms with Crippen LogP contribution in [0.25, 0.3) is 0 Å². The number of carbonyl (C=O) groups excluding carboxylic acids is 6. The van der Waals surface area contributed by atoms with E-state index < -0.39 is 71.8 Å². The van der Waals surface area contributed by atoms with E-state index in [0.29, 0.717) is 24.1 Å². The van der Waals surface area contributed by atoms with Crippen LogP contribution in [0.15, 0.2) is 78.5 Å². The number of nitrogens with one attached hydrogen (secondary N) is 2. The second kappa shape index (κ2) is 18.4. The van der Waals surface area contributed by atoms with Gasteiger partial charge in [0.15, 0.2) is 0 Å². The summed E-state index contributed by atoms with van der Waals surface area (Å²) in [6, 6.07) is 12.7. The number of benzene rings is 2. The molecule has 4 amide bonds. The van der Waals surface area contributed by atoms with Crippen LogP contribution in [-0.2, 0) is 33.3 Å². The fourth-order valence-corrected chi connectivity index (χ4v) is 6.73. The molecule has 13 heteroatoms. The van der Waals surface area contributed by atoms with Gasteiger partial charge in [-0.2, -0.15) is 0 Å². The number of fused-ring (bicyclic) bond motifs is 1. The number of carbonyl (C=O) groups is 6. The van der Waals surface area contributed by atoms with E-state index in [1.807, 2.05) is 13.8 Å². The van der Waals surface area contributed by atoms with E-state index >= 15 is 0 Å². The minimum Gasteiger partial charge on any atom is -0.444 e. The van der Waals surface area contributed by atoms with Crippen molar-refractivity contribution in [2.24, 2.45) is 11.8 Å². The Labute approximate surface area is 322 Å². The van der Waals surface area contributed by atoms with Gasteiger partial charge in [-0.1, -0.05) is 76.7 Å². The molecule has 13 nitrogen and oxygen atoms in total. The van der Waals surface area contributed by atoms with E-state index in [9.17, 15) is 28.8 Å². The minimum absolute atomic E-state index is 0.0701. The minimum atomic E-state index is -1.56. The van der Waals surface area contributed by atoms with Crippen molar-refractivity contribution in [3.05, 3.63) is 95.2 Å². The van der Waals surface area contributed by atoms with E-state index in [4.69, 9.17) is 18.9 Å². The standard InChI is InChI=1S/C42H53N3O10/c1-10-30(11-2)52-33-23-29(22-28(34(33)44-26(6)46)21-25(5)43-41(51)55-42(7,8)9)38(49)53-40(27-17-13-12-14-18-27)54-39(50)35(24(3)4)45-36(47)31-19-15-16-20-32(31)37(45)48/h12-20,23-24,28,30,33-35,40H,5,10-11,21-22H2,1-4,6-9H3,(H,43,51)(H,44,46)/t28-,33+,34+,35?,40?/m0/s1. The number of amides is 4. The molecule has 1 aliphatic heterocycles. The number of esters is 2. The fourth-order valence-electron chi connectivity index (χ4n) is 6.73. The lowest BCUT2D eigenvalue weighted by molar-refractivity contribution is -0.191. The summed E-state index contributed by atoms with van der Waals surface area (Å²) in [4.78, 5) is 81.0. The van der Waals surface area contributed by atoms with E-state index in [1.165, 1.54) is 19.1 Å². The third kappa shape index (κ3) is 10.9.